The van der Waals surface area contributed by atoms with E-state index in [0.29, 0.717) is 40.7 Å². The van der Waals surface area contributed by atoms with Crippen molar-refractivity contribution < 1.29 is 24.0 Å². The number of nitrogens with zero attached hydrogens (tertiary/aromatic N) is 7. The molecule has 1 unspecified atom stereocenters. The van der Waals surface area contributed by atoms with Gasteiger partial charge in [0.25, 0.3) is 17.7 Å². The fraction of sp³-hybridized carbons (Fsp3) is 0.455. The molecule has 58 heavy (non-hydrogen) atoms. The number of anilines is 3. The van der Waals surface area contributed by atoms with E-state index in [1.165, 1.54) is 5.69 Å². The molecule has 5 amide bonds. The number of hydrogen-bond acceptors (Lipinski definition) is 10. The molecule has 13 nitrogen and oxygen atoms in total. The minimum absolute atomic E-state index is 0.0761. The van der Waals surface area contributed by atoms with Gasteiger partial charge in [-0.05, 0) is 104 Å². The van der Waals surface area contributed by atoms with Crippen LogP contribution in [0.2, 0.25) is 5.02 Å². The predicted molar refractivity (Wildman–Crippen MR) is 219 cm³/mol. The fourth-order valence-electron chi connectivity index (χ4n) is 9.96. The summed E-state index contributed by atoms with van der Waals surface area (Å²) in [5.41, 5.74) is 5.23. The maximum atomic E-state index is 13.6. The second-order valence-corrected chi connectivity index (χ2v) is 17.3. The van der Waals surface area contributed by atoms with Crippen LogP contribution in [0.1, 0.15) is 75.2 Å². The Morgan fingerprint density at radius 2 is 1.43 bits per heavy atom. The third-order valence-corrected chi connectivity index (χ3v) is 13.7. The Bertz CT molecular complexity index is 2210. The third-order valence-electron chi connectivity index (χ3n) is 13.4. The summed E-state index contributed by atoms with van der Waals surface area (Å²) in [5, 5.41) is 12.0. The highest BCUT2D eigenvalue weighted by Gasteiger charge is 2.45. The van der Waals surface area contributed by atoms with Crippen LogP contribution in [-0.4, -0.2) is 122 Å². The highest BCUT2D eigenvalue weighted by Crippen LogP contribution is 2.43. The Kier molecular flexibility index (Phi) is 10.1. The van der Waals surface area contributed by atoms with Gasteiger partial charge in [-0.1, -0.05) is 11.6 Å². The van der Waals surface area contributed by atoms with Crippen LogP contribution in [0.15, 0.2) is 60.7 Å². The number of fused-ring (bicyclic) bond motifs is 1. The van der Waals surface area contributed by atoms with E-state index in [2.05, 4.69) is 43.1 Å². The van der Waals surface area contributed by atoms with Crippen LogP contribution < -0.4 is 20.0 Å². The van der Waals surface area contributed by atoms with Crippen molar-refractivity contribution in [1.82, 2.24) is 20.0 Å². The van der Waals surface area contributed by atoms with Gasteiger partial charge in [0.15, 0.2) is 0 Å². The van der Waals surface area contributed by atoms with E-state index in [9.17, 15) is 29.2 Å². The zero-order valence-corrected chi connectivity index (χ0v) is 33.3. The van der Waals surface area contributed by atoms with Gasteiger partial charge in [-0.15, -0.1) is 0 Å². The number of piperidine rings is 2. The number of imide groups is 2. The van der Waals surface area contributed by atoms with Crippen LogP contribution in [0.25, 0.3) is 0 Å². The summed E-state index contributed by atoms with van der Waals surface area (Å²) in [6.07, 6.45) is 4.60. The number of benzene rings is 3. The molecule has 0 saturated carbocycles. The lowest BCUT2D eigenvalue weighted by atomic mass is 9.77. The molecule has 0 radical (unpaired) electrons. The quantitative estimate of drug-likeness (QED) is 0.342. The largest absolute Gasteiger partial charge is 0.371 e. The maximum Gasteiger partial charge on any atom is 0.262 e. The molecule has 9 rings (SSSR count). The summed E-state index contributed by atoms with van der Waals surface area (Å²) >= 11 is 6.32. The molecule has 0 aromatic heterocycles. The number of nitrogens with one attached hydrogen (secondary N) is 1. The van der Waals surface area contributed by atoms with Gasteiger partial charge in [0.2, 0.25) is 11.8 Å². The number of hydrogen-bond donors (Lipinski definition) is 1. The van der Waals surface area contributed by atoms with Crippen molar-refractivity contribution in [3.63, 3.8) is 0 Å². The molecule has 5 saturated heterocycles. The molecule has 1 N–H and O–H groups in total. The minimum Gasteiger partial charge on any atom is -0.371 e. The van der Waals surface area contributed by atoms with Crippen LogP contribution in [0.5, 0.6) is 0 Å². The van der Waals surface area contributed by atoms with E-state index in [0.717, 1.165) is 106 Å². The van der Waals surface area contributed by atoms with E-state index in [1.807, 2.05) is 35.2 Å². The van der Waals surface area contributed by atoms with Gasteiger partial charge < -0.3 is 19.6 Å². The van der Waals surface area contributed by atoms with Gasteiger partial charge in [0.1, 0.15) is 12.1 Å². The summed E-state index contributed by atoms with van der Waals surface area (Å²) in [7, 11) is 0. The molecule has 1 spiro atoms. The van der Waals surface area contributed by atoms with Gasteiger partial charge in [-0.25, -0.2) is 0 Å². The van der Waals surface area contributed by atoms with E-state index in [1.54, 1.807) is 18.2 Å². The average Bonchev–Trinajstić information content (AvgIpc) is 3.95. The summed E-state index contributed by atoms with van der Waals surface area (Å²) < 4.78 is 0. The summed E-state index contributed by atoms with van der Waals surface area (Å²) in [6.45, 7) is 9.55. The molecule has 2 atom stereocenters. The highest BCUT2D eigenvalue weighted by atomic mass is 35.5. The Balaban J connectivity index is 0.731. The van der Waals surface area contributed by atoms with Crippen LogP contribution >= 0.6 is 11.6 Å². The molecule has 6 aliphatic rings. The molecule has 5 fully saturated rings. The zero-order valence-electron chi connectivity index (χ0n) is 32.5. The molecule has 0 aliphatic carbocycles. The van der Waals surface area contributed by atoms with Crippen molar-refractivity contribution in [3.8, 4) is 6.07 Å². The monoisotopic (exact) mass is 802 g/mol. The smallest absolute Gasteiger partial charge is 0.262 e. The van der Waals surface area contributed by atoms with Crippen LogP contribution in [0.4, 0.5) is 17.1 Å². The van der Waals surface area contributed by atoms with E-state index < -0.39 is 29.7 Å². The van der Waals surface area contributed by atoms with Gasteiger partial charge >= 0.3 is 0 Å². The highest BCUT2D eigenvalue weighted by molar-refractivity contribution is 6.32. The lowest BCUT2D eigenvalue weighted by molar-refractivity contribution is -0.136. The van der Waals surface area contributed by atoms with Crippen molar-refractivity contribution in [2.24, 2.45) is 11.3 Å². The summed E-state index contributed by atoms with van der Waals surface area (Å²) in [4.78, 5) is 76.7. The second-order valence-electron chi connectivity index (χ2n) is 16.9. The Hall–Kier alpha value is -5.45. The number of rotatable bonds is 7. The van der Waals surface area contributed by atoms with Gasteiger partial charge in [-0.2, -0.15) is 5.26 Å². The molecule has 3 aromatic carbocycles. The Morgan fingerprint density at radius 3 is 2.14 bits per heavy atom. The van der Waals surface area contributed by atoms with Crippen LogP contribution in [-0.2, 0) is 9.59 Å². The van der Waals surface area contributed by atoms with E-state index in [-0.39, 0.29) is 24.2 Å². The lowest BCUT2D eigenvalue weighted by Crippen LogP contribution is -2.54. The molecule has 3 aromatic rings. The number of piperazine rings is 1. The van der Waals surface area contributed by atoms with E-state index in [4.69, 9.17) is 11.6 Å². The van der Waals surface area contributed by atoms with Gasteiger partial charge in [-0.3, -0.25) is 39.1 Å². The van der Waals surface area contributed by atoms with Crippen molar-refractivity contribution in [3.05, 3.63) is 87.9 Å². The van der Waals surface area contributed by atoms with E-state index >= 15 is 0 Å². The first-order valence-corrected chi connectivity index (χ1v) is 20.9. The molecule has 6 aliphatic heterocycles. The molecule has 6 heterocycles. The van der Waals surface area contributed by atoms with Crippen molar-refractivity contribution in [1.29, 1.82) is 5.26 Å². The van der Waals surface area contributed by atoms with Crippen molar-refractivity contribution in [2.45, 2.75) is 44.6 Å². The van der Waals surface area contributed by atoms with Crippen molar-refractivity contribution >= 4 is 58.2 Å². The third kappa shape index (κ3) is 7.17. The number of carbonyl (C=O) groups excluding carboxylic acids is 5. The molecular weight excluding hydrogens is 756 g/mol. The second kappa shape index (κ2) is 15.4. The number of amides is 5. The molecule has 300 valence electrons. The average molecular weight is 803 g/mol. The number of halogens is 1. The topological polar surface area (TPSA) is 141 Å². The Morgan fingerprint density at radius 1 is 0.759 bits per heavy atom. The molecule has 0 bridgehead atoms. The standard InChI is InChI=1S/C44H47ClN8O5/c45-37-24-34(6-3-31(37)25-46)49-16-12-44(13-17-49)14-18-52(28-44)32-4-1-30(2-5-32)41(56)50-21-19-48(20-22-50)26-29-11-15-51(27-29)33-7-8-35-36(23-33)43(58)53(42(35)57)38-9-10-39(54)47-40(38)55/h1-8,23-24,29,38H,9-22,26-28H2,(H,47,54,55)/t29-,38?/m0/s1. The van der Waals surface area contributed by atoms with Gasteiger partial charge in [0, 0.05) is 101 Å². The van der Waals surface area contributed by atoms with Crippen LogP contribution in [0, 0.1) is 22.7 Å². The fourth-order valence-corrected chi connectivity index (χ4v) is 10.2. The van der Waals surface area contributed by atoms with Crippen LogP contribution in [0.3, 0.4) is 0 Å². The number of nitriles is 1. The number of carbonyl (C=O) groups is 5. The minimum atomic E-state index is -0.977. The summed E-state index contributed by atoms with van der Waals surface area (Å²) in [6, 6.07) is 20.4. The van der Waals surface area contributed by atoms with Crippen molar-refractivity contribution in [2.75, 3.05) is 86.7 Å². The molecular formula is C44H47ClN8O5. The first-order valence-electron chi connectivity index (χ1n) is 20.5. The zero-order chi connectivity index (χ0) is 40.1. The normalized spacial score (nSPS) is 23.5. The first kappa shape index (κ1) is 38.1. The predicted octanol–water partition coefficient (Wildman–Crippen LogP) is 4.39. The first-order chi connectivity index (χ1) is 28.1. The molecule has 14 heteroatoms. The SMILES string of the molecule is N#Cc1ccc(N2CCC3(CC2)CCN(c2ccc(C(=O)N4CCN(C[C@@H]5CCN(c6ccc7c(c6)C(=O)N(C6CCC(=O)NC6=O)C7=O)C5)CC4)cc2)C3)cc1Cl. The maximum absolute atomic E-state index is 13.6. The Labute approximate surface area is 343 Å². The summed E-state index contributed by atoms with van der Waals surface area (Å²) in [5.74, 6) is -1.48. The lowest BCUT2D eigenvalue weighted by Gasteiger charge is -2.40. The van der Waals surface area contributed by atoms with Gasteiger partial charge in [0.05, 0.1) is 21.7 Å².